The molecule has 0 aliphatic heterocycles. The molecule has 1 atom stereocenters. The van der Waals surface area contributed by atoms with Gasteiger partial charge in [0, 0.05) is 0 Å². The Kier molecular flexibility index (Phi) is 1.93. The lowest BCUT2D eigenvalue weighted by atomic mass is 10.0. The third kappa shape index (κ3) is 1.50. The molecule has 1 aliphatic rings. The van der Waals surface area contributed by atoms with E-state index in [9.17, 15) is 0 Å². The van der Waals surface area contributed by atoms with Crippen LogP contribution in [0.3, 0.4) is 0 Å². The molecule has 0 aromatic rings. The summed E-state index contributed by atoms with van der Waals surface area (Å²) in [6.45, 7) is 4.67. The molecule has 0 heterocycles. The van der Waals surface area contributed by atoms with Gasteiger partial charge in [-0.15, -0.1) is 0 Å². The maximum absolute atomic E-state index is 2.39. The summed E-state index contributed by atoms with van der Waals surface area (Å²) >= 11 is 0. The molecule has 1 saturated carbocycles. The molecule has 0 radical (unpaired) electrons. The first-order chi connectivity index (χ1) is 3.84. The molecular formula is C8H16. The van der Waals surface area contributed by atoms with E-state index in [1.54, 1.807) is 0 Å². The van der Waals surface area contributed by atoms with Gasteiger partial charge in [0.2, 0.25) is 0 Å². The maximum Gasteiger partial charge on any atom is -0.0388 e. The lowest BCUT2D eigenvalue weighted by Gasteiger charge is -2.05. The summed E-state index contributed by atoms with van der Waals surface area (Å²) in [6.07, 6.45) is 5.85. The zero-order valence-electron chi connectivity index (χ0n) is 5.98. The van der Waals surface area contributed by atoms with Gasteiger partial charge in [0.25, 0.3) is 0 Å². The molecule has 1 aliphatic carbocycles. The standard InChI is InChI=1S/C8H16/c1-3-4-7(2)8-5-6-8/h7-8H,3-6H2,1-2H3. The molecule has 1 fully saturated rings. The molecule has 0 aromatic carbocycles. The van der Waals surface area contributed by atoms with E-state index in [2.05, 4.69) is 13.8 Å². The average Bonchev–Trinajstić information content (AvgIpc) is 2.45. The Labute approximate surface area is 52.3 Å². The van der Waals surface area contributed by atoms with Crippen LogP contribution in [0.1, 0.15) is 39.5 Å². The van der Waals surface area contributed by atoms with Crippen molar-refractivity contribution >= 4 is 0 Å². The Morgan fingerprint density at radius 2 is 2.12 bits per heavy atom. The first-order valence-corrected chi connectivity index (χ1v) is 3.84. The van der Waals surface area contributed by atoms with Crippen LogP contribution < -0.4 is 0 Å². The Hall–Kier alpha value is 0. The fraction of sp³-hybridized carbons (Fsp3) is 1.00. The molecule has 48 valence electrons. The summed E-state index contributed by atoms with van der Waals surface area (Å²) in [5.74, 6) is 2.15. The second-order valence-electron chi connectivity index (χ2n) is 3.10. The van der Waals surface area contributed by atoms with Gasteiger partial charge in [-0.2, -0.15) is 0 Å². The predicted octanol–water partition coefficient (Wildman–Crippen LogP) is 2.83. The zero-order chi connectivity index (χ0) is 5.98. The molecule has 0 spiro atoms. The normalized spacial score (nSPS) is 23.2. The Morgan fingerprint density at radius 1 is 1.50 bits per heavy atom. The Morgan fingerprint density at radius 3 is 2.50 bits per heavy atom. The first-order valence-electron chi connectivity index (χ1n) is 3.84. The smallest absolute Gasteiger partial charge is 0.0388 e. The zero-order valence-corrected chi connectivity index (χ0v) is 5.98. The van der Waals surface area contributed by atoms with E-state index in [4.69, 9.17) is 0 Å². The summed E-state index contributed by atoms with van der Waals surface area (Å²) in [5, 5.41) is 0. The largest absolute Gasteiger partial charge is 0.0654 e. The lowest BCUT2D eigenvalue weighted by Crippen LogP contribution is -1.94. The molecule has 0 aromatic heterocycles. The minimum atomic E-state index is 1.03. The van der Waals surface area contributed by atoms with Gasteiger partial charge in [-0.25, -0.2) is 0 Å². The second-order valence-corrected chi connectivity index (χ2v) is 3.10. The number of hydrogen-bond acceptors (Lipinski definition) is 0. The van der Waals surface area contributed by atoms with E-state index < -0.39 is 0 Å². The average molecular weight is 112 g/mol. The van der Waals surface area contributed by atoms with Gasteiger partial charge >= 0.3 is 0 Å². The second kappa shape index (κ2) is 2.52. The van der Waals surface area contributed by atoms with E-state index >= 15 is 0 Å². The first kappa shape index (κ1) is 6.12. The van der Waals surface area contributed by atoms with Crippen LogP contribution in [-0.4, -0.2) is 0 Å². The van der Waals surface area contributed by atoms with Crippen LogP contribution in [0.4, 0.5) is 0 Å². The van der Waals surface area contributed by atoms with Crippen molar-refractivity contribution < 1.29 is 0 Å². The van der Waals surface area contributed by atoms with Crippen LogP contribution in [0.5, 0.6) is 0 Å². The van der Waals surface area contributed by atoms with E-state index in [1.807, 2.05) is 0 Å². The van der Waals surface area contributed by atoms with Crippen molar-refractivity contribution in [2.75, 3.05) is 0 Å². The maximum atomic E-state index is 2.39. The predicted molar refractivity (Wildman–Crippen MR) is 36.8 cm³/mol. The van der Waals surface area contributed by atoms with Gasteiger partial charge in [-0.05, 0) is 24.7 Å². The lowest BCUT2D eigenvalue weighted by molar-refractivity contribution is 0.464. The van der Waals surface area contributed by atoms with Crippen molar-refractivity contribution in [2.45, 2.75) is 39.5 Å². The number of hydrogen-bond donors (Lipinski definition) is 0. The van der Waals surface area contributed by atoms with Crippen LogP contribution in [0, 0.1) is 11.8 Å². The van der Waals surface area contributed by atoms with Crippen LogP contribution in [0.15, 0.2) is 0 Å². The molecule has 0 N–H and O–H groups in total. The minimum Gasteiger partial charge on any atom is -0.0654 e. The van der Waals surface area contributed by atoms with E-state index in [0.717, 1.165) is 11.8 Å². The molecule has 0 saturated heterocycles. The van der Waals surface area contributed by atoms with Gasteiger partial charge in [0.15, 0.2) is 0 Å². The highest BCUT2D eigenvalue weighted by atomic mass is 14.3. The highest BCUT2D eigenvalue weighted by Gasteiger charge is 2.26. The van der Waals surface area contributed by atoms with Crippen molar-refractivity contribution in [3.05, 3.63) is 0 Å². The Balaban J connectivity index is 2.03. The van der Waals surface area contributed by atoms with Crippen LogP contribution in [-0.2, 0) is 0 Å². The molecule has 0 heteroatoms. The van der Waals surface area contributed by atoms with Crippen molar-refractivity contribution in [2.24, 2.45) is 11.8 Å². The van der Waals surface area contributed by atoms with E-state index in [1.165, 1.54) is 25.7 Å². The fourth-order valence-electron chi connectivity index (χ4n) is 1.36. The molecule has 0 nitrogen and oxygen atoms in total. The minimum absolute atomic E-state index is 1.03. The van der Waals surface area contributed by atoms with Crippen LogP contribution in [0.25, 0.3) is 0 Å². The highest BCUT2D eigenvalue weighted by molar-refractivity contribution is 4.77. The third-order valence-electron chi connectivity index (χ3n) is 2.17. The highest BCUT2D eigenvalue weighted by Crippen LogP contribution is 2.38. The van der Waals surface area contributed by atoms with E-state index in [-0.39, 0.29) is 0 Å². The summed E-state index contributed by atoms with van der Waals surface area (Å²) < 4.78 is 0. The summed E-state index contributed by atoms with van der Waals surface area (Å²) in [7, 11) is 0. The molecule has 8 heavy (non-hydrogen) atoms. The van der Waals surface area contributed by atoms with Gasteiger partial charge < -0.3 is 0 Å². The monoisotopic (exact) mass is 112 g/mol. The SMILES string of the molecule is CCCC(C)C1CC1. The third-order valence-corrected chi connectivity index (χ3v) is 2.17. The van der Waals surface area contributed by atoms with Crippen molar-refractivity contribution in [1.82, 2.24) is 0 Å². The van der Waals surface area contributed by atoms with Gasteiger partial charge in [0.1, 0.15) is 0 Å². The molecule has 0 amide bonds. The van der Waals surface area contributed by atoms with Gasteiger partial charge in [0.05, 0.1) is 0 Å². The summed E-state index contributed by atoms with van der Waals surface area (Å²) in [6, 6.07) is 0. The molecule has 1 unspecified atom stereocenters. The molecule has 1 rings (SSSR count). The molecule has 0 bridgehead atoms. The van der Waals surface area contributed by atoms with Crippen molar-refractivity contribution in [3.8, 4) is 0 Å². The van der Waals surface area contributed by atoms with Crippen LogP contribution >= 0.6 is 0 Å². The summed E-state index contributed by atoms with van der Waals surface area (Å²) in [4.78, 5) is 0. The quantitative estimate of drug-likeness (QED) is 0.526. The van der Waals surface area contributed by atoms with Crippen LogP contribution in [0.2, 0.25) is 0 Å². The van der Waals surface area contributed by atoms with Gasteiger partial charge in [-0.3, -0.25) is 0 Å². The molecular weight excluding hydrogens is 96.1 g/mol. The van der Waals surface area contributed by atoms with Gasteiger partial charge in [-0.1, -0.05) is 26.7 Å². The number of rotatable bonds is 3. The van der Waals surface area contributed by atoms with E-state index in [0.29, 0.717) is 0 Å². The fourth-order valence-corrected chi connectivity index (χ4v) is 1.36. The summed E-state index contributed by atoms with van der Waals surface area (Å²) in [5.41, 5.74) is 0. The topological polar surface area (TPSA) is 0 Å². The Bertz CT molecular complexity index is 62.4. The van der Waals surface area contributed by atoms with Crippen molar-refractivity contribution in [1.29, 1.82) is 0 Å². The van der Waals surface area contributed by atoms with Crippen molar-refractivity contribution in [3.63, 3.8) is 0 Å².